The molecule has 3 heteroatoms. The van der Waals surface area contributed by atoms with Gasteiger partial charge in [0.15, 0.2) is 0 Å². The van der Waals surface area contributed by atoms with Gasteiger partial charge in [-0.15, -0.1) is 0 Å². The molecule has 0 saturated carbocycles. The summed E-state index contributed by atoms with van der Waals surface area (Å²) < 4.78 is 14.5. The first-order chi connectivity index (χ1) is 5.33. The number of imidazole rings is 1. The number of nitrogens with zero attached hydrogens (tertiary/aromatic N) is 2. The molecule has 11 heavy (non-hydrogen) atoms. The Hall–Kier alpha value is -1.12. The molecule has 0 aliphatic heterocycles. The van der Waals surface area contributed by atoms with Crippen molar-refractivity contribution < 1.29 is 4.39 Å². The van der Waals surface area contributed by atoms with Gasteiger partial charge in [-0.25, -0.2) is 9.37 Å². The zero-order chi connectivity index (χ0) is 8.10. The molecule has 0 unspecified atom stereocenters. The molecule has 0 aromatic carbocycles. The Bertz CT molecular complexity index is 226. The minimum atomic E-state index is -0.106. The molecule has 0 saturated heterocycles. The molecule has 0 spiro atoms. The van der Waals surface area contributed by atoms with Crippen LogP contribution in [0.2, 0.25) is 0 Å². The van der Waals surface area contributed by atoms with Gasteiger partial charge in [0.25, 0.3) is 0 Å². The highest BCUT2D eigenvalue weighted by Gasteiger charge is 1.93. The number of hydrogen-bond donors (Lipinski definition) is 0. The van der Waals surface area contributed by atoms with Crippen LogP contribution in [0.1, 0.15) is 13.3 Å². The highest BCUT2D eigenvalue weighted by molar-refractivity contribution is 4.92. The molecule has 0 amide bonds. The summed E-state index contributed by atoms with van der Waals surface area (Å²) in [6, 6.07) is 0. The lowest BCUT2D eigenvalue weighted by Crippen LogP contribution is -1.93. The van der Waals surface area contributed by atoms with E-state index in [1.807, 2.05) is 6.92 Å². The summed E-state index contributed by atoms with van der Waals surface area (Å²) in [5.74, 6) is -0.106. The summed E-state index contributed by atoms with van der Waals surface area (Å²) in [7, 11) is 0. The molecule has 0 atom stereocenters. The molecule has 1 aromatic rings. The molecule has 1 heterocycles. The fraction of sp³-hybridized carbons (Fsp3) is 0.375. The van der Waals surface area contributed by atoms with Crippen LogP contribution in [0.3, 0.4) is 0 Å². The Morgan fingerprint density at radius 3 is 3.09 bits per heavy atom. The topological polar surface area (TPSA) is 17.8 Å². The average Bonchev–Trinajstić information content (AvgIpc) is 2.40. The van der Waals surface area contributed by atoms with E-state index in [0.717, 1.165) is 6.42 Å². The number of rotatable bonds is 3. The molecule has 0 fully saturated rings. The fourth-order valence-corrected chi connectivity index (χ4v) is 0.841. The van der Waals surface area contributed by atoms with Gasteiger partial charge in [0.1, 0.15) is 5.83 Å². The maximum atomic E-state index is 12.8. The van der Waals surface area contributed by atoms with Crippen molar-refractivity contribution in [2.45, 2.75) is 19.9 Å². The first-order valence-corrected chi connectivity index (χ1v) is 3.63. The average molecular weight is 154 g/mol. The number of aromatic nitrogens is 2. The van der Waals surface area contributed by atoms with Crippen LogP contribution in [-0.4, -0.2) is 9.55 Å². The van der Waals surface area contributed by atoms with Gasteiger partial charge in [-0.05, 0) is 6.42 Å². The maximum absolute atomic E-state index is 12.8. The van der Waals surface area contributed by atoms with E-state index in [1.54, 1.807) is 29.4 Å². The molecular formula is C8H11FN2. The first-order valence-electron chi connectivity index (χ1n) is 3.63. The minimum Gasteiger partial charge on any atom is -0.331 e. The smallest absolute Gasteiger partial charge is 0.116 e. The number of allylic oxidation sites excluding steroid dienone is 2. The van der Waals surface area contributed by atoms with E-state index in [1.165, 1.54) is 0 Å². The normalized spacial score (nSPS) is 12.0. The molecule has 1 aromatic heterocycles. The molecule has 60 valence electrons. The maximum Gasteiger partial charge on any atom is 0.116 e. The van der Waals surface area contributed by atoms with Crippen molar-refractivity contribution in [1.29, 1.82) is 0 Å². The molecule has 0 aliphatic rings. The Labute approximate surface area is 65.4 Å². The van der Waals surface area contributed by atoms with E-state index >= 15 is 0 Å². The second-order valence-electron chi connectivity index (χ2n) is 2.29. The number of halogens is 1. The Morgan fingerprint density at radius 2 is 2.55 bits per heavy atom. The van der Waals surface area contributed by atoms with Gasteiger partial charge in [-0.2, -0.15) is 0 Å². The third-order valence-electron chi connectivity index (χ3n) is 1.32. The Balaban J connectivity index is 2.50. The summed E-state index contributed by atoms with van der Waals surface area (Å²) >= 11 is 0. The van der Waals surface area contributed by atoms with Crippen molar-refractivity contribution in [1.82, 2.24) is 9.55 Å². The lowest BCUT2D eigenvalue weighted by Gasteiger charge is -1.97. The standard InChI is InChI=1S/C8H11FN2/c1-2-3-8(9)6-11-5-4-10-7-11/h3-5,7H,2,6H2,1H3. The second kappa shape index (κ2) is 3.91. The minimum absolute atomic E-state index is 0.106. The highest BCUT2D eigenvalue weighted by atomic mass is 19.1. The highest BCUT2D eigenvalue weighted by Crippen LogP contribution is 2.01. The molecule has 0 radical (unpaired) electrons. The summed E-state index contributed by atoms with van der Waals surface area (Å²) in [5, 5.41) is 0. The van der Waals surface area contributed by atoms with Crippen LogP contribution in [0.5, 0.6) is 0 Å². The van der Waals surface area contributed by atoms with Gasteiger partial charge in [0.2, 0.25) is 0 Å². The third kappa shape index (κ3) is 2.53. The van der Waals surface area contributed by atoms with E-state index < -0.39 is 0 Å². The lowest BCUT2D eigenvalue weighted by atomic mass is 10.4. The largest absolute Gasteiger partial charge is 0.331 e. The van der Waals surface area contributed by atoms with Crippen LogP contribution in [0, 0.1) is 0 Å². The van der Waals surface area contributed by atoms with Crippen LogP contribution >= 0.6 is 0 Å². The summed E-state index contributed by atoms with van der Waals surface area (Å²) in [4.78, 5) is 3.80. The Kier molecular flexibility index (Phi) is 2.83. The zero-order valence-corrected chi connectivity index (χ0v) is 6.50. The molecule has 0 bridgehead atoms. The Morgan fingerprint density at radius 1 is 1.73 bits per heavy atom. The lowest BCUT2D eigenvalue weighted by molar-refractivity contribution is 0.551. The predicted molar refractivity (Wildman–Crippen MR) is 41.7 cm³/mol. The van der Waals surface area contributed by atoms with E-state index in [9.17, 15) is 4.39 Å². The van der Waals surface area contributed by atoms with Gasteiger partial charge in [0, 0.05) is 12.4 Å². The van der Waals surface area contributed by atoms with Gasteiger partial charge >= 0.3 is 0 Å². The molecule has 0 aliphatic carbocycles. The van der Waals surface area contributed by atoms with E-state index in [2.05, 4.69) is 4.98 Å². The van der Waals surface area contributed by atoms with Gasteiger partial charge < -0.3 is 4.57 Å². The van der Waals surface area contributed by atoms with Crippen LogP contribution in [0.25, 0.3) is 0 Å². The van der Waals surface area contributed by atoms with Crippen molar-refractivity contribution >= 4 is 0 Å². The number of hydrogen-bond acceptors (Lipinski definition) is 1. The quantitative estimate of drug-likeness (QED) is 0.652. The third-order valence-corrected chi connectivity index (χ3v) is 1.32. The van der Waals surface area contributed by atoms with Gasteiger partial charge in [0.05, 0.1) is 12.9 Å². The zero-order valence-electron chi connectivity index (χ0n) is 6.50. The fourth-order valence-electron chi connectivity index (χ4n) is 0.841. The SMILES string of the molecule is CCC=C(F)Cn1ccnc1. The van der Waals surface area contributed by atoms with Gasteiger partial charge in [-0.1, -0.05) is 13.0 Å². The molecule has 1 rings (SSSR count). The van der Waals surface area contributed by atoms with E-state index in [4.69, 9.17) is 0 Å². The monoisotopic (exact) mass is 154 g/mol. The van der Waals surface area contributed by atoms with Crippen LogP contribution in [0.4, 0.5) is 4.39 Å². The van der Waals surface area contributed by atoms with E-state index in [0.29, 0.717) is 6.54 Å². The van der Waals surface area contributed by atoms with Crippen molar-refractivity contribution in [2.75, 3.05) is 0 Å². The van der Waals surface area contributed by atoms with Crippen LogP contribution < -0.4 is 0 Å². The summed E-state index contributed by atoms with van der Waals surface area (Å²) in [5.41, 5.74) is 0. The first kappa shape index (κ1) is 7.98. The summed E-state index contributed by atoms with van der Waals surface area (Å²) in [6.07, 6.45) is 7.28. The van der Waals surface area contributed by atoms with Crippen LogP contribution in [0.15, 0.2) is 30.6 Å². The second-order valence-corrected chi connectivity index (χ2v) is 2.29. The molecule has 0 N–H and O–H groups in total. The van der Waals surface area contributed by atoms with Crippen molar-refractivity contribution in [3.8, 4) is 0 Å². The molecular weight excluding hydrogens is 143 g/mol. The van der Waals surface area contributed by atoms with Crippen molar-refractivity contribution in [3.05, 3.63) is 30.6 Å². The summed E-state index contributed by atoms with van der Waals surface area (Å²) in [6.45, 7) is 2.21. The van der Waals surface area contributed by atoms with Crippen LogP contribution in [-0.2, 0) is 6.54 Å². The van der Waals surface area contributed by atoms with E-state index in [-0.39, 0.29) is 5.83 Å². The molecule has 2 nitrogen and oxygen atoms in total. The van der Waals surface area contributed by atoms with Gasteiger partial charge in [-0.3, -0.25) is 0 Å². The van der Waals surface area contributed by atoms with Crippen molar-refractivity contribution in [2.24, 2.45) is 0 Å². The van der Waals surface area contributed by atoms with Crippen molar-refractivity contribution in [3.63, 3.8) is 0 Å². The predicted octanol–water partition coefficient (Wildman–Crippen LogP) is 2.15.